The summed E-state index contributed by atoms with van der Waals surface area (Å²) in [4.78, 5) is 20.7. The van der Waals surface area contributed by atoms with E-state index < -0.39 is 5.60 Å². The summed E-state index contributed by atoms with van der Waals surface area (Å²) < 4.78 is 6.43. The highest BCUT2D eigenvalue weighted by molar-refractivity contribution is 9.11. The van der Waals surface area contributed by atoms with Crippen molar-refractivity contribution in [1.29, 1.82) is 0 Å². The summed E-state index contributed by atoms with van der Waals surface area (Å²) in [7, 11) is 0. The Morgan fingerprint density at radius 3 is 2.62 bits per heavy atom. The predicted octanol–water partition coefficient (Wildman–Crippen LogP) is 3.40. The Bertz CT molecular complexity index is 616. The fourth-order valence-corrected chi connectivity index (χ4v) is 3.27. The van der Waals surface area contributed by atoms with Crippen molar-refractivity contribution in [3.8, 4) is 0 Å². The molecule has 0 radical (unpaired) electrons. The molecule has 1 amide bonds. The lowest BCUT2D eigenvalue weighted by molar-refractivity contribution is 0.0179. The van der Waals surface area contributed by atoms with Crippen LogP contribution in [0, 0.1) is 0 Å². The Labute approximate surface area is 164 Å². The molecule has 2 heterocycles. The maximum absolute atomic E-state index is 12.2. The highest BCUT2D eigenvalue weighted by Gasteiger charge is 2.33. The van der Waals surface area contributed by atoms with Gasteiger partial charge in [-0.15, -0.1) is 6.58 Å². The molecule has 1 unspecified atom stereocenters. The molecule has 1 atom stereocenters. The van der Waals surface area contributed by atoms with Crippen molar-refractivity contribution in [1.82, 2.24) is 14.8 Å². The molecule has 2 rings (SSSR count). The molecule has 0 saturated carbocycles. The molecule has 0 bridgehead atoms. The van der Waals surface area contributed by atoms with Crippen molar-refractivity contribution in [2.24, 2.45) is 10.1 Å². The maximum Gasteiger partial charge on any atom is 0.410 e. The molecular formula is C18H28BrN5O2. The molecule has 0 aromatic rings. The normalized spacial score (nSPS) is 21.6. The zero-order chi connectivity index (χ0) is 19.3. The average Bonchev–Trinajstić information content (AvgIpc) is 2.57. The number of halogens is 1. The third kappa shape index (κ3) is 5.09. The molecule has 0 N–H and O–H groups in total. The van der Waals surface area contributed by atoms with Crippen LogP contribution >= 0.6 is 15.9 Å². The first-order valence-electron chi connectivity index (χ1n) is 8.81. The summed E-state index contributed by atoms with van der Waals surface area (Å²) in [5.41, 5.74) is -0.483. The lowest BCUT2D eigenvalue weighted by Crippen LogP contribution is -2.56. The number of hydrogen-bond donors (Lipinski definition) is 0. The molecule has 0 spiro atoms. The van der Waals surface area contributed by atoms with Gasteiger partial charge in [0.15, 0.2) is 0 Å². The van der Waals surface area contributed by atoms with Crippen LogP contribution in [0.15, 0.2) is 33.4 Å². The van der Waals surface area contributed by atoms with Crippen molar-refractivity contribution >= 4 is 34.2 Å². The van der Waals surface area contributed by atoms with Gasteiger partial charge in [-0.3, -0.25) is 0 Å². The Morgan fingerprint density at radius 1 is 1.42 bits per heavy atom. The first-order chi connectivity index (χ1) is 12.3. The zero-order valence-electron chi connectivity index (χ0n) is 16.0. The minimum atomic E-state index is -0.483. The number of aliphatic imine (C=N–C) groups is 1. The van der Waals surface area contributed by atoms with Gasteiger partial charge < -0.3 is 14.5 Å². The third-order valence-corrected chi connectivity index (χ3v) is 4.70. The van der Waals surface area contributed by atoms with Crippen molar-refractivity contribution in [2.45, 2.75) is 45.8 Å². The number of carbonyl (C=O) groups excluding carboxylic acids is 1. The van der Waals surface area contributed by atoms with Crippen LogP contribution in [0.3, 0.4) is 0 Å². The van der Waals surface area contributed by atoms with E-state index >= 15 is 0 Å². The van der Waals surface area contributed by atoms with Gasteiger partial charge >= 0.3 is 6.09 Å². The molecule has 0 aliphatic carbocycles. The predicted molar refractivity (Wildman–Crippen MR) is 108 cm³/mol. The van der Waals surface area contributed by atoms with Gasteiger partial charge in [0, 0.05) is 43.1 Å². The van der Waals surface area contributed by atoms with Crippen LogP contribution in [-0.2, 0) is 4.74 Å². The molecule has 0 aromatic carbocycles. The highest BCUT2D eigenvalue weighted by Crippen LogP contribution is 2.27. The maximum atomic E-state index is 12.2. The quantitative estimate of drug-likeness (QED) is 0.513. The number of hydrogen-bond acceptors (Lipinski definition) is 6. The van der Waals surface area contributed by atoms with Gasteiger partial charge in [-0.05, 0) is 34.1 Å². The van der Waals surface area contributed by atoms with E-state index in [-0.39, 0.29) is 12.1 Å². The Kier molecular flexibility index (Phi) is 6.86. The van der Waals surface area contributed by atoms with Crippen molar-refractivity contribution < 1.29 is 9.53 Å². The van der Waals surface area contributed by atoms with E-state index in [1.165, 1.54) is 0 Å². The summed E-state index contributed by atoms with van der Waals surface area (Å²) in [5.74, 6) is 0.794. The molecule has 7 nitrogen and oxygen atoms in total. The Hall–Kier alpha value is -1.83. The molecule has 8 heteroatoms. The summed E-state index contributed by atoms with van der Waals surface area (Å²) in [6.45, 7) is 13.9. The van der Waals surface area contributed by atoms with Crippen LogP contribution < -0.4 is 0 Å². The minimum Gasteiger partial charge on any atom is -0.444 e. The number of ether oxygens (including phenoxy) is 1. The largest absolute Gasteiger partial charge is 0.444 e. The second-order valence-corrected chi connectivity index (χ2v) is 8.07. The van der Waals surface area contributed by atoms with E-state index in [0.717, 1.165) is 16.9 Å². The van der Waals surface area contributed by atoms with E-state index in [0.29, 0.717) is 26.2 Å². The summed E-state index contributed by atoms with van der Waals surface area (Å²) in [6, 6.07) is 0.0417. The molecule has 2 aliphatic heterocycles. The lowest BCUT2D eigenvalue weighted by atomic mass is 10.1. The summed E-state index contributed by atoms with van der Waals surface area (Å²) in [6.07, 6.45) is 5.95. The molecule has 144 valence electrons. The number of guanidine groups is 1. The Morgan fingerprint density at radius 2 is 2.08 bits per heavy atom. The van der Waals surface area contributed by atoms with E-state index in [1.54, 1.807) is 11.1 Å². The van der Waals surface area contributed by atoms with Crippen LogP contribution in [0.5, 0.6) is 0 Å². The minimum absolute atomic E-state index is 0.0417. The van der Waals surface area contributed by atoms with Crippen LogP contribution in [0.2, 0.25) is 0 Å². The number of rotatable bonds is 3. The van der Waals surface area contributed by atoms with E-state index in [9.17, 15) is 4.79 Å². The van der Waals surface area contributed by atoms with Gasteiger partial charge in [0.25, 0.3) is 0 Å². The SMILES string of the molecule is C=CCC1C(Br)=CN=C(N2CCN(C(=O)OC(C)(C)C)CC2)N1/N=C\C. The van der Waals surface area contributed by atoms with Gasteiger partial charge in [-0.2, -0.15) is 5.10 Å². The molecule has 2 aliphatic rings. The van der Waals surface area contributed by atoms with Crippen LogP contribution in [-0.4, -0.2) is 70.9 Å². The fraction of sp³-hybridized carbons (Fsp3) is 0.611. The first-order valence-corrected chi connectivity index (χ1v) is 9.61. The summed E-state index contributed by atoms with van der Waals surface area (Å²) in [5, 5.41) is 6.42. The standard InChI is InChI=1S/C18H28BrN5O2/c1-6-8-15-14(19)13-20-16(24(15)21-7-2)22-9-11-23(12-10-22)17(25)26-18(3,4)5/h6-7,13,15H,1,8-12H2,2-5H3/b21-7-. The van der Waals surface area contributed by atoms with Crippen molar-refractivity contribution in [3.05, 3.63) is 23.3 Å². The number of hydrazone groups is 1. The number of carbonyl (C=O) groups is 1. The third-order valence-electron chi connectivity index (χ3n) is 3.97. The second-order valence-electron chi connectivity index (χ2n) is 7.16. The molecular weight excluding hydrogens is 398 g/mol. The van der Waals surface area contributed by atoms with E-state index in [4.69, 9.17) is 4.74 Å². The number of piperazine rings is 1. The van der Waals surface area contributed by atoms with Gasteiger partial charge in [0.1, 0.15) is 5.60 Å². The smallest absolute Gasteiger partial charge is 0.410 e. The van der Waals surface area contributed by atoms with Crippen LogP contribution in [0.4, 0.5) is 4.79 Å². The lowest BCUT2D eigenvalue weighted by Gasteiger charge is -2.41. The number of amides is 1. The van der Waals surface area contributed by atoms with E-state index in [1.807, 2.05) is 45.0 Å². The fourth-order valence-electron chi connectivity index (χ4n) is 2.79. The highest BCUT2D eigenvalue weighted by atomic mass is 79.9. The van der Waals surface area contributed by atoms with Crippen LogP contribution in [0.25, 0.3) is 0 Å². The summed E-state index contributed by atoms with van der Waals surface area (Å²) >= 11 is 3.58. The van der Waals surface area contributed by atoms with Crippen molar-refractivity contribution in [3.63, 3.8) is 0 Å². The monoisotopic (exact) mass is 425 g/mol. The molecule has 26 heavy (non-hydrogen) atoms. The second kappa shape index (κ2) is 8.70. The molecule has 1 saturated heterocycles. The zero-order valence-corrected chi connectivity index (χ0v) is 17.6. The van der Waals surface area contributed by atoms with Crippen LogP contribution in [0.1, 0.15) is 34.1 Å². The number of nitrogens with zero attached hydrogens (tertiary/aromatic N) is 5. The van der Waals surface area contributed by atoms with Gasteiger partial charge in [0.05, 0.1) is 6.04 Å². The van der Waals surface area contributed by atoms with Gasteiger partial charge in [-0.25, -0.2) is 14.8 Å². The van der Waals surface area contributed by atoms with Gasteiger partial charge in [-0.1, -0.05) is 22.0 Å². The molecule has 0 aromatic heterocycles. The average molecular weight is 426 g/mol. The Balaban J connectivity index is 2.07. The van der Waals surface area contributed by atoms with E-state index in [2.05, 4.69) is 37.5 Å². The molecule has 1 fully saturated rings. The van der Waals surface area contributed by atoms with Gasteiger partial charge in [0.2, 0.25) is 5.96 Å². The topological polar surface area (TPSA) is 60.7 Å². The first kappa shape index (κ1) is 20.5. The van der Waals surface area contributed by atoms with Crippen molar-refractivity contribution in [2.75, 3.05) is 26.2 Å².